The van der Waals surface area contributed by atoms with Crippen molar-refractivity contribution in [3.63, 3.8) is 0 Å². The Kier molecular flexibility index (Phi) is 2.01. The molecule has 1 N–H and O–H groups in total. The van der Waals surface area contributed by atoms with Crippen LogP contribution in [0, 0.1) is 3.57 Å². The molecule has 0 bridgehead atoms. The van der Waals surface area contributed by atoms with Gasteiger partial charge in [-0.2, -0.15) is 0 Å². The Morgan fingerprint density at radius 3 is 2.85 bits per heavy atom. The van der Waals surface area contributed by atoms with Crippen LogP contribution >= 0.6 is 0 Å². The summed E-state index contributed by atoms with van der Waals surface area (Å²) in [6.07, 6.45) is 0. The summed E-state index contributed by atoms with van der Waals surface area (Å²) < 4.78 is 20.1. The summed E-state index contributed by atoms with van der Waals surface area (Å²) in [7, 11) is 1.35. The molecule has 1 atom stereocenters. The van der Waals surface area contributed by atoms with Gasteiger partial charge in [-0.15, -0.1) is 0 Å². The molecule has 70 valence electrons. The zero-order valence-electron chi connectivity index (χ0n) is 6.86. The van der Waals surface area contributed by atoms with Crippen LogP contribution in [0.25, 0.3) is 0 Å². The molecule has 0 saturated carbocycles. The fourth-order valence-corrected chi connectivity index (χ4v) is 4.59. The van der Waals surface area contributed by atoms with Crippen molar-refractivity contribution < 1.29 is 34.0 Å². The normalized spacial score (nSPS) is 30.5. The molecule has 4 nitrogen and oxygen atoms in total. The van der Waals surface area contributed by atoms with Gasteiger partial charge in [0, 0.05) is 0 Å². The van der Waals surface area contributed by atoms with Gasteiger partial charge in [-0.1, -0.05) is 0 Å². The van der Waals surface area contributed by atoms with Crippen molar-refractivity contribution in [1.82, 2.24) is 0 Å². The van der Waals surface area contributed by atoms with Gasteiger partial charge in [0.1, 0.15) is 0 Å². The number of hydrogen-bond donors (Lipinski definition) is 1. The molecular weight excluding hydrogens is 287 g/mol. The van der Waals surface area contributed by atoms with E-state index in [1.807, 2.05) is 0 Å². The third kappa shape index (κ3) is 1.23. The van der Waals surface area contributed by atoms with E-state index in [4.69, 9.17) is 6.13 Å². The summed E-state index contributed by atoms with van der Waals surface area (Å²) in [5.74, 6) is -0.489. The second-order valence-corrected chi connectivity index (χ2v) is 7.43. The van der Waals surface area contributed by atoms with E-state index in [0.29, 0.717) is 9.13 Å². The van der Waals surface area contributed by atoms with Gasteiger partial charge in [0.25, 0.3) is 0 Å². The second kappa shape index (κ2) is 2.93. The van der Waals surface area contributed by atoms with E-state index in [2.05, 4.69) is 0 Å². The molecule has 1 unspecified atom stereocenters. The average Bonchev–Trinajstić information content (AvgIpc) is 2.42. The number of halogens is 1. The molecule has 0 aliphatic carbocycles. The van der Waals surface area contributed by atoms with Crippen molar-refractivity contribution in [2.75, 3.05) is 7.11 Å². The zero-order chi connectivity index (χ0) is 9.47. The minimum atomic E-state index is -3.83. The van der Waals surface area contributed by atoms with E-state index < -0.39 is 25.6 Å². The molecule has 0 spiro atoms. The topological polar surface area (TPSA) is 55.8 Å². The molecule has 0 radical (unpaired) electrons. The predicted molar refractivity (Wildman–Crippen MR) is 39.8 cm³/mol. The fourth-order valence-electron chi connectivity index (χ4n) is 1.13. The number of carbonyl (C=O) groups excluding carboxylic acids is 1. The van der Waals surface area contributed by atoms with E-state index in [1.54, 1.807) is 24.3 Å². The maximum atomic E-state index is 11.2. The summed E-state index contributed by atoms with van der Waals surface area (Å²) in [6, 6.07) is 6.76. The average molecular weight is 295 g/mol. The molecule has 1 aromatic rings. The van der Waals surface area contributed by atoms with Crippen molar-refractivity contribution in [3.05, 3.63) is 33.4 Å². The summed E-state index contributed by atoms with van der Waals surface area (Å²) >= 11 is -3.83. The van der Waals surface area contributed by atoms with Crippen molar-refractivity contribution in [3.8, 4) is 0 Å². The minimum absolute atomic E-state index is 0.420. The molecule has 1 aliphatic heterocycles. The van der Waals surface area contributed by atoms with E-state index in [0.717, 1.165) is 0 Å². The molecular formula is C8H8IO4+. The number of hydrogen-bond acceptors (Lipinski definition) is 4. The molecule has 2 rings (SSSR count). The van der Waals surface area contributed by atoms with Crippen LogP contribution in [0.3, 0.4) is 0 Å². The van der Waals surface area contributed by atoms with E-state index in [9.17, 15) is 8.23 Å². The predicted octanol–water partition coefficient (Wildman–Crippen LogP) is -2.43. The molecule has 1 heterocycles. The third-order valence-electron chi connectivity index (χ3n) is 1.73. The maximum absolute atomic E-state index is 11.2. The summed E-state index contributed by atoms with van der Waals surface area (Å²) in [6.45, 7) is 0. The van der Waals surface area contributed by atoms with Crippen LogP contribution in [-0.4, -0.2) is 16.5 Å². The van der Waals surface area contributed by atoms with Crippen LogP contribution in [0.1, 0.15) is 10.4 Å². The quantitative estimate of drug-likeness (QED) is 0.586. The van der Waals surface area contributed by atoms with Crippen molar-refractivity contribution in [2.24, 2.45) is 0 Å². The van der Waals surface area contributed by atoms with Crippen LogP contribution in [0.2, 0.25) is 0 Å². The molecule has 0 aromatic heterocycles. The van der Waals surface area contributed by atoms with Crippen molar-refractivity contribution in [1.29, 1.82) is 0 Å². The van der Waals surface area contributed by atoms with Gasteiger partial charge in [-0.3, -0.25) is 0 Å². The van der Waals surface area contributed by atoms with E-state index in [1.165, 1.54) is 7.11 Å². The van der Waals surface area contributed by atoms with Crippen LogP contribution in [0.5, 0.6) is 0 Å². The van der Waals surface area contributed by atoms with Gasteiger partial charge in [0.05, 0.1) is 0 Å². The number of carbonyl (C=O) groups is 1. The van der Waals surface area contributed by atoms with Crippen LogP contribution in [0.4, 0.5) is 0 Å². The Morgan fingerprint density at radius 1 is 1.46 bits per heavy atom. The molecule has 0 amide bonds. The zero-order valence-corrected chi connectivity index (χ0v) is 9.02. The van der Waals surface area contributed by atoms with Gasteiger partial charge < -0.3 is 0 Å². The fraction of sp³-hybridized carbons (Fsp3) is 0.125. The first-order valence-corrected chi connectivity index (χ1v) is 7.37. The number of fused-ring (bicyclic) bond motifs is 1. The Morgan fingerprint density at radius 2 is 2.15 bits per heavy atom. The number of rotatable bonds is 1. The Bertz CT molecular complexity index is 365. The van der Waals surface area contributed by atoms with Gasteiger partial charge in [0.2, 0.25) is 0 Å². The SMILES string of the molecule is CO[I+]1(O)OC(=O)c2ccccc21. The first-order valence-electron chi connectivity index (χ1n) is 3.56. The summed E-state index contributed by atoms with van der Waals surface area (Å²) in [5.41, 5.74) is 0.420. The first-order chi connectivity index (χ1) is 6.17. The second-order valence-electron chi connectivity index (χ2n) is 2.44. The van der Waals surface area contributed by atoms with Crippen LogP contribution < -0.4 is 19.7 Å². The van der Waals surface area contributed by atoms with Gasteiger partial charge in [-0.25, -0.2) is 0 Å². The first kappa shape index (κ1) is 8.92. The van der Waals surface area contributed by atoms with Crippen LogP contribution in [0.15, 0.2) is 24.3 Å². The van der Waals surface area contributed by atoms with Crippen molar-refractivity contribution >= 4 is 5.97 Å². The Balaban J connectivity index is 2.59. The summed E-state index contributed by atoms with van der Waals surface area (Å²) in [4.78, 5) is 11.2. The van der Waals surface area contributed by atoms with Gasteiger partial charge in [0.15, 0.2) is 0 Å². The summed E-state index contributed by atoms with van der Waals surface area (Å²) in [5, 5.41) is 0. The van der Waals surface area contributed by atoms with E-state index in [-0.39, 0.29) is 0 Å². The molecule has 0 saturated heterocycles. The van der Waals surface area contributed by atoms with Gasteiger partial charge in [-0.05, 0) is 0 Å². The Hall–Kier alpha value is -0.660. The third-order valence-corrected chi connectivity index (χ3v) is 6.34. The molecule has 1 aromatic carbocycles. The number of benzene rings is 1. The Labute approximate surface area is 80.6 Å². The molecule has 1 aliphatic rings. The monoisotopic (exact) mass is 295 g/mol. The van der Waals surface area contributed by atoms with E-state index >= 15 is 0 Å². The van der Waals surface area contributed by atoms with Crippen LogP contribution in [-0.2, 0) is 6.13 Å². The molecule has 5 heteroatoms. The van der Waals surface area contributed by atoms with Crippen molar-refractivity contribution in [2.45, 2.75) is 0 Å². The van der Waals surface area contributed by atoms with Gasteiger partial charge >= 0.3 is 80.5 Å². The molecule has 13 heavy (non-hydrogen) atoms. The molecule has 0 fully saturated rings. The standard InChI is InChI=1S/C8H8IO4/c1-12-9(11)7-5-3-2-4-6(7)8(10)13-9/h2-5,11H,1H3/q+1.